The SMILES string of the molecule is CCC(O)(CC)c1cc(F)cc(OCc2ccc(OC)c(OC)c2)c1. The smallest absolute Gasteiger partial charge is 0.161 e. The van der Waals surface area contributed by atoms with E-state index in [0.717, 1.165) is 5.56 Å². The minimum atomic E-state index is -1.05. The third kappa shape index (κ3) is 4.42. The highest BCUT2D eigenvalue weighted by molar-refractivity contribution is 5.43. The maximum Gasteiger partial charge on any atom is 0.161 e. The molecular weight excluding hydrogens is 323 g/mol. The third-order valence-corrected chi connectivity index (χ3v) is 4.43. The van der Waals surface area contributed by atoms with Gasteiger partial charge in [-0.15, -0.1) is 0 Å². The molecule has 2 aromatic carbocycles. The molecule has 2 rings (SSSR count). The van der Waals surface area contributed by atoms with Crippen molar-refractivity contribution < 1.29 is 23.7 Å². The van der Waals surface area contributed by atoms with Crippen LogP contribution >= 0.6 is 0 Å². The molecule has 5 heteroatoms. The number of benzene rings is 2. The molecule has 4 nitrogen and oxygen atoms in total. The molecule has 0 saturated carbocycles. The van der Waals surface area contributed by atoms with Crippen molar-refractivity contribution in [2.45, 2.75) is 38.9 Å². The van der Waals surface area contributed by atoms with E-state index in [0.29, 0.717) is 35.7 Å². The molecule has 0 unspecified atom stereocenters. The highest BCUT2D eigenvalue weighted by Gasteiger charge is 2.26. The van der Waals surface area contributed by atoms with Gasteiger partial charge < -0.3 is 19.3 Å². The predicted octanol–water partition coefficient (Wildman–Crippen LogP) is 4.43. The van der Waals surface area contributed by atoms with E-state index in [4.69, 9.17) is 14.2 Å². The predicted molar refractivity (Wildman–Crippen MR) is 94.8 cm³/mol. The first-order valence-electron chi connectivity index (χ1n) is 8.33. The van der Waals surface area contributed by atoms with Crippen LogP contribution < -0.4 is 14.2 Å². The summed E-state index contributed by atoms with van der Waals surface area (Å²) >= 11 is 0. The van der Waals surface area contributed by atoms with E-state index in [1.807, 2.05) is 26.0 Å². The fraction of sp³-hybridized carbons (Fsp3) is 0.400. The van der Waals surface area contributed by atoms with Crippen LogP contribution in [0.2, 0.25) is 0 Å². The number of hydrogen-bond acceptors (Lipinski definition) is 4. The van der Waals surface area contributed by atoms with Crippen LogP contribution in [0.3, 0.4) is 0 Å². The Hall–Kier alpha value is -2.27. The van der Waals surface area contributed by atoms with Gasteiger partial charge in [0, 0.05) is 6.07 Å². The Labute approximate surface area is 148 Å². The molecule has 0 saturated heterocycles. The van der Waals surface area contributed by atoms with Crippen molar-refractivity contribution in [1.82, 2.24) is 0 Å². The van der Waals surface area contributed by atoms with Crippen LogP contribution in [0.1, 0.15) is 37.8 Å². The zero-order valence-corrected chi connectivity index (χ0v) is 15.1. The number of ether oxygens (including phenoxy) is 3. The van der Waals surface area contributed by atoms with Gasteiger partial charge in [-0.3, -0.25) is 0 Å². The number of methoxy groups -OCH3 is 2. The molecule has 0 aliphatic rings. The van der Waals surface area contributed by atoms with Gasteiger partial charge in [0.25, 0.3) is 0 Å². The highest BCUT2D eigenvalue weighted by Crippen LogP contribution is 2.32. The Kier molecular flexibility index (Phi) is 6.26. The summed E-state index contributed by atoms with van der Waals surface area (Å²) in [5, 5.41) is 10.6. The van der Waals surface area contributed by atoms with Gasteiger partial charge in [-0.05, 0) is 48.2 Å². The van der Waals surface area contributed by atoms with Gasteiger partial charge in [-0.25, -0.2) is 4.39 Å². The molecule has 0 atom stereocenters. The van der Waals surface area contributed by atoms with Crippen molar-refractivity contribution in [2.24, 2.45) is 0 Å². The van der Waals surface area contributed by atoms with Crippen molar-refractivity contribution in [3.63, 3.8) is 0 Å². The van der Waals surface area contributed by atoms with E-state index in [1.165, 1.54) is 12.1 Å². The average Bonchev–Trinajstić information content (AvgIpc) is 2.64. The second kappa shape index (κ2) is 8.21. The monoisotopic (exact) mass is 348 g/mol. The molecule has 0 aromatic heterocycles. The van der Waals surface area contributed by atoms with Crippen LogP contribution in [0, 0.1) is 5.82 Å². The summed E-state index contributed by atoms with van der Waals surface area (Å²) in [4.78, 5) is 0. The zero-order valence-electron chi connectivity index (χ0n) is 15.1. The fourth-order valence-corrected chi connectivity index (χ4v) is 2.71. The van der Waals surface area contributed by atoms with Crippen molar-refractivity contribution in [2.75, 3.05) is 14.2 Å². The average molecular weight is 348 g/mol. The van der Waals surface area contributed by atoms with Crippen LogP contribution in [0.15, 0.2) is 36.4 Å². The van der Waals surface area contributed by atoms with Gasteiger partial charge >= 0.3 is 0 Å². The Morgan fingerprint density at radius 1 is 0.960 bits per heavy atom. The Bertz CT molecular complexity index is 711. The van der Waals surface area contributed by atoms with Gasteiger partial charge in [0.2, 0.25) is 0 Å². The number of aliphatic hydroxyl groups is 1. The molecule has 0 amide bonds. The normalized spacial score (nSPS) is 11.3. The first-order valence-corrected chi connectivity index (χ1v) is 8.33. The van der Waals surface area contributed by atoms with Crippen LogP contribution in [0.25, 0.3) is 0 Å². The van der Waals surface area contributed by atoms with E-state index in [2.05, 4.69) is 0 Å². The lowest BCUT2D eigenvalue weighted by molar-refractivity contribution is 0.0278. The van der Waals surface area contributed by atoms with Crippen molar-refractivity contribution in [1.29, 1.82) is 0 Å². The second-order valence-electron chi connectivity index (χ2n) is 5.89. The lowest BCUT2D eigenvalue weighted by Crippen LogP contribution is -2.23. The van der Waals surface area contributed by atoms with E-state index in [-0.39, 0.29) is 6.61 Å². The quantitative estimate of drug-likeness (QED) is 0.767. The molecule has 25 heavy (non-hydrogen) atoms. The van der Waals surface area contributed by atoms with Gasteiger partial charge in [-0.1, -0.05) is 19.9 Å². The highest BCUT2D eigenvalue weighted by atomic mass is 19.1. The molecule has 0 aliphatic carbocycles. The van der Waals surface area contributed by atoms with Crippen molar-refractivity contribution in [3.8, 4) is 17.2 Å². The van der Waals surface area contributed by atoms with Crippen LogP contribution in [0.4, 0.5) is 4.39 Å². The fourth-order valence-electron chi connectivity index (χ4n) is 2.71. The molecule has 0 spiro atoms. The first kappa shape index (κ1) is 19.1. The maximum absolute atomic E-state index is 13.9. The van der Waals surface area contributed by atoms with Crippen LogP contribution in [-0.2, 0) is 12.2 Å². The number of halogens is 1. The van der Waals surface area contributed by atoms with Crippen molar-refractivity contribution in [3.05, 3.63) is 53.3 Å². The summed E-state index contributed by atoms with van der Waals surface area (Å²) in [5.41, 5.74) is 0.341. The molecular formula is C20H25FO4. The molecule has 2 aromatic rings. The summed E-state index contributed by atoms with van der Waals surface area (Å²) in [6.45, 7) is 4.00. The molecule has 0 radical (unpaired) electrons. The van der Waals surface area contributed by atoms with Crippen LogP contribution in [-0.4, -0.2) is 19.3 Å². The lowest BCUT2D eigenvalue weighted by Gasteiger charge is -2.26. The summed E-state index contributed by atoms with van der Waals surface area (Å²) < 4.78 is 30.1. The number of rotatable bonds is 8. The molecule has 0 bridgehead atoms. The minimum Gasteiger partial charge on any atom is -0.493 e. The van der Waals surface area contributed by atoms with Crippen LogP contribution in [0.5, 0.6) is 17.2 Å². The first-order chi connectivity index (χ1) is 12.0. The van der Waals surface area contributed by atoms with E-state index < -0.39 is 11.4 Å². The lowest BCUT2D eigenvalue weighted by atomic mass is 9.88. The van der Waals surface area contributed by atoms with Gasteiger partial charge in [0.15, 0.2) is 11.5 Å². The molecule has 1 N–H and O–H groups in total. The Morgan fingerprint density at radius 2 is 1.64 bits per heavy atom. The molecule has 0 heterocycles. The third-order valence-electron chi connectivity index (χ3n) is 4.43. The maximum atomic E-state index is 13.9. The molecule has 0 fully saturated rings. The number of hydrogen-bond donors (Lipinski definition) is 1. The summed E-state index contributed by atoms with van der Waals surface area (Å²) in [6.07, 6.45) is 1.00. The van der Waals surface area contributed by atoms with Gasteiger partial charge in [0.05, 0.1) is 19.8 Å². The summed E-state index contributed by atoms with van der Waals surface area (Å²) in [6, 6.07) is 9.83. The van der Waals surface area contributed by atoms with Crippen molar-refractivity contribution >= 4 is 0 Å². The standard InChI is InChI=1S/C20H25FO4/c1-5-20(22,6-2)15-10-16(21)12-17(11-15)25-13-14-7-8-18(23-3)19(9-14)24-4/h7-12,22H,5-6,13H2,1-4H3. The van der Waals surface area contributed by atoms with Gasteiger partial charge in [0.1, 0.15) is 18.2 Å². The van der Waals surface area contributed by atoms with Gasteiger partial charge in [-0.2, -0.15) is 0 Å². The largest absolute Gasteiger partial charge is 0.493 e. The van der Waals surface area contributed by atoms with E-state index in [9.17, 15) is 9.50 Å². The Morgan fingerprint density at radius 3 is 2.24 bits per heavy atom. The van der Waals surface area contributed by atoms with E-state index in [1.54, 1.807) is 26.4 Å². The second-order valence-corrected chi connectivity index (χ2v) is 5.89. The molecule has 136 valence electrons. The molecule has 0 aliphatic heterocycles. The Balaban J connectivity index is 2.20. The topological polar surface area (TPSA) is 47.9 Å². The zero-order chi connectivity index (χ0) is 18.4. The summed E-state index contributed by atoms with van der Waals surface area (Å²) in [5.74, 6) is 1.19. The summed E-state index contributed by atoms with van der Waals surface area (Å²) in [7, 11) is 3.14. The van der Waals surface area contributed by atoms with E-state index >= 15 is 0 Å². The minimum absolute atomic E-state index is 0.250.